The van der Waals surface area contributed by atoms with Gasteiger partial charge in [-0.3, -0.25) is 0 Å². The van der Waals surface area contributed by atoms with Crippen LogP contribution in [-0.2, 0) is 6.42 Å². The van der Waals surface area contributed by atoms with Gasteiger partial charge in [-0.1, -0.05) is 49.6 Å². The van der Waals surface area contributed by atoms with Crippen LogP contribution < -0.4 is 0 Å². The Bertz CT molecular complexity index is 349. The van der Waals surface area contributed by atoms with Crippen LogP contribution in [0.1, 0.15) is 37.7 Å². The normalized spacial score (nSPS) is 16.5. The van der Waals surface area contributed by atoms with Crippen molar-refractivity contribution in [3.63, 3.8) is 0 Å². The van der Waals surface area contributed by atoms with E-state index in [1.54, 1.807) is 0 Å². The zero-order valence-corrected chi connectivity index (χ0v) is 9.86. The lowest BCUT2D eigenvalue weighted by atomic mass is 9.89. The molecule has 1 aromatic carbocycles. The largest absolute Gasteiger partial charge is 0.129 e. The van der Waals surface area contributed by atoms with Crippen LogP contribution in [0.4, 0.5) is 0 Å². The summed E-state index contributed by atoms with van der Waals surface area (Å²) < 4.78 is 0. The zero-order valence-electron chi connectivity index (χ0n) is 9.86. The predicted molar refractivity (Wildman–Crippen MR) is 69.4 cm³/mol. The van der Waals surface area contributed by atoms with Crippen molar-refractivity contribution >= 4 is 0 Å². The minimum absolute atomic E-state index is 0.792. The van der Waals surface area contributed by atoms with Gasteiger partial charge in [0, 0.05) is 0 Å². The van der Waals surface area contributed by atoms with E-state index in [2.05, 4.69) is 48.2 Å². The minimum atomic E-state index is 0.792. The molecule has 0 nitrogen and oxygen atoms in total. The van der Waals surface area contributed by atoms with Crippen molar-refractivity contribution in [1.82, 2.24) is 0 Å². The molecule has 1 saturated carbocycles. The van der Waals surface area contributed by atoms with Crippen molar-refractivity contribution in [2.45, 2.75) is 38.5 Å². The molecule has 0 aromatic heterocycles. The first kappa shape index (κ1) is 11.2. The highest BCUT2D eigenvalue weighted by atomic mass is 14.1. The van der Waals surface area contributed by atoms with E-state index in [0.29, 0.717) is 0 Å². The Morgan fingerprint density at radius 3 is 2.56 bits per heavy atom. The molecule has 0 spiro atoms. The third kappa shape index (κ3) is 3.72. The lowest BCUT2D eigenvalue weighted by Crippen LogP contribution is -2.01. The molecule has 0 heteroatoms. The van der Waals surface area contributed by atoms with Crippen LogP contribution in [-0.4, -0.2) is 0 Å². The molecule has 2 rings (SSSR count). The van der Waals surface area contributed by atoms with E-state index in [0.717, 1.165) is 12.3 Å². The summed E-state index contributed by atoms with van der Waals surface area (Å²) >= 11 is 0. The van der Waals surface area contributed by atoms with Crippen molar-refractivity contribution in [2.24, 2.45) is 5.92 Å². The highest BCUT2D eigenvalue weighted by molar-refractivity contribution is 5.17. The maximum absolute atomic E-state index is 3.35. The molecule has 0 atom stereocenters. The fourth-order valence-corrected chi connectivity index (χ4v) is 2.30. The third-order valence-corrected chi connectivity index (χ3v) is 3.28. The molecule has 0 amide bonds. The van der Waals surface area contributed by atoms with Crippen LogP contribution in [0.5, 0.6) is 0 Å². The molecule has 16 heavy (non-hydrogen) atoms. The van der Waals surface area contributed by atoms with Gasteiger partial charge in [-0.2, -0.15) is 0 Å². The van der Waals surface area contributed by atoms with E-state index in [1.165, 1.54) is 37.7 Å². The Hall–Kier alpha value is -1.26. The molecule has 1 aliphatic carbocycles. The van der Waals surface area contributed by atoms with Gasteiger partial charge in [-0.15, -0.1) is 5.73 Å². The zero-order chi connectivity index (χ0) is 11.1. The highest BCUT2D eigenvalue weighted by Gasteiger charge is 2.08. The van der Waals surface area contributed by atoms with Crippen molar-refractivity contribution in [3.8, 4) is 0 Å². The molecule has 0 bridgehead atoms. The van der Waals surface area contributed by atoms with Crippen molar-refractivity contribution in [2.75, 3.05) is 0 Å². The molecule has 1 aliphatic rings. The second-order valence-corrected chi connectivity index (χ2v) is 4.63. The summed E-state index contributed by atoms with van der Waals surface area (Å²) in [6.45, 7) is 0. The summed E-state index contributed by atoms with van der Waals surface area (Å²) in [7, 11) is 0. The second kappa shape index (κ2) is 6.35. The van der Waals surface area contributed by atoms with E-state index >= 15 is 0 Å². The molecular formula is C16H20. The van der Waals surface area contributed by atoms with Gasteiger partial charge in [0.15, 0.2) is 0 Å². The van der Waals surface area contributed by atoms with Crippen molar-refractivity contribution in [1.29, 1.82) is 0 Å². The van der Waals surface area contributed by atoms with Crippen LogP contribution in [0.3, 0.4) is 0 Å². The highest BCUT2D eigenvalue weighted by Crippen LogP contribution is 2.24. The van der Waals surface area contributed by atoms with Crippen LogP contribution in [0, 0.1) is 5.92 Å². The molecule has 0 N–H and O–H groups in total. The predicted octanol–water partition coefficient (Wildman–Crippen LogP) is 4.52. The van der Waals surface area contributed by atoms with E-state index < -0.39 is 0 Å². The average molecular weight is 212 g/mol. The number of hydrogen-bond donors (Lipinski definition) is 0. The van der Waals surface area contributed by atoms with E-state index in [4.69, 9.17) is 0 Å². The van der Waals surface area contributed by atoms with Crippen molar-refractivity contribution < 1.29 is 0 Å². The second-order valence-electron chi connectivity index (χ2n) is 4.63. The number of hydrogen-bond acceptors (Lipinski definition) is 0. The van der Waals surface area contributed by atoms with E-state index in [1.807, 2.05) is 0 Å². The molecule has 1 fully saturated rings. The standard InChI is InChI=1S/C16H20/c1-3-9-15(10-4-1)13-7-8-14-16-11-5-2-6-12-16/h1,3-4,7,9-10,14,16H,2,5-6,11-13H2. The molecule has 84 valence electrons. The van der Waals surface area contributed by atoms with Crippen molar-refractivity contribution in [3.05, 3.63) is 53.8 Å². The summed E-state index contributed by atoms with van der Waals surface area (Å²) in [5, 5.41) is 0. The SMILES string of the molecule is C(=CCc1ccccc1)=CC1CCCCC1. The van der Waals surface area contributed by atoms with Gasteiger partial charge in [0.05, 0.1) is 0 Å². The monoisotopic (exact) mass is 212 g/mol. The first-order chi connectivity index (χ1) is 7.95. The van der Waals surface area contributed by atoms with E-state index in [-0.39, 0.29) is 0 Å². The summed E-state index contributed by atoms with van der Waals surface area (Å²) in [6, 6.07) is 10.6. The summed E-state index contributed by atoms with van der Waals surface area (Å²) in [5.74, 6) is 0.792. The van der Waals surface area contributed by atoms with Gasteiger partial charge in [-0.25, -0.2) is 0 Å². The van der Waals surface area contributed by atoms with Gasteiger partial charge < -0.3 is 0 Å². The number of rotatable bonds is 3. The molecule has 1 aromatic rings. The molecule has 0 saturated heterocycles. The van der Waals surface area contributed by atoms with E-state index in [9.17, 15) is 0 Å². The lowest BCUT2D eigenvalue weighted by Gasteiger charge is -2.16. The van der Waals surface area contributed by atoms with Crippen LogP contribution in [0.15, 0.2) is 48.2 Å². The van der Waals surface area contributed by atoms with Crippen LogP contribution in [0.2, 0.25) is 0 Å². The van der Waals surface area contributed by atoms with Gasteiger partial charge in [0.2, 0.25) is 0 Å². The smallest absolute Gasteiger partial charge is 0.00214 e. The van der Waals surface area contributed by atoms with Crippen LogP contribution in [0.25, 0.3) is 0 Å². The van der Waals surface area contributed by atoms with Crippen LogP contribution >= 0.6 is 0 Å². The Labute approximate surface area is 98.7 Å². The summed E-state index contributed by atoms with van der Waals surface area (Å²) in [5.41, 5.74) is 4.72. The summed E-state index contributed by atoms with van der Waals surface area (Å²) in [4.78, 5) is 0. The maximum atomic E-state index is 3.35. The van der Waals surface area contributed by atoms with Gasteiger partial charge in [-0.05, 0) is 42.9 Å². The quantitative estimate of drug-likeness (QED) is 0.646. The average Bonchev–Trinajstić information content (AvgIpc) is 2.37. The van der Waals surface area contributed by atoms with Gasteiger partial charge in [0.1, 0.15) is 0 Å². The molecule has 0 heterocycles. The molecular weight excluding hydrogens is 192 g/mol. The fraction of sp³-hybridized carbons (Fsp3) is 0.438. The Balaban J connectivity index is 1.82. The molecule has 0 radical (unpaired) electrons. The molecule has 0 unspecified atom stereocenters. The number of allylic oxidation sites excluding steroid dienone is 1. The first-order valence-electron chi connectivity index (χ1n) is 6.40. The topological polar surface area (TPSA) is 0 Å². The Kier molecular flexibility index (Phi) is 4.46. The Morgan fingerprint density at radius 2 is 1.81 bits per heavy atom. The maximum Gasteiger partial charge on any atom is -0.00214 e. The van der Waals surface area contributed by atoms with Gasteiger partial charge in [0.25, 0.3) is 0 Å². The molecule has 0 aliphatic heterocycles. The Morgan fingerprint density at radius 1 is 1.06 bits per heavy atom. The summed E-state index contributed by atoms with van der Waals surface area (Å²) in [6.07, 6.45) is 12.4. The third-order valence-electron chi connectivity index (χ3n) is 3.28. The first-order valence-corrected chi connectivity index (χ1v) is 6.40. The minimum Gasteiger partial charge on any atom is -0.129 e. The lowest BCUT2D eigenvalue weighted by molar-refractivity contribution is 0.419. The van der Waals surface area contributed by atoms with Gasteiger partial charge >= 0.3 is 0 Å². The fourth-order valence-electron chi connectivity index (χ4n) is 2.30. The number of benzene rings is 1.